The number of para-hydroxylation sites is 1. The van der Waals surface area contributed by atoms with Crippen LogP contribution in [0.3, 0.4) is 0 Å². The zero-order chi connectivity index (χ0) is 15.4. The van der Waals surface area contributed by atoms with Crippen LogP contribution in [0.5, 0.6) is 5.75 Å². The van der Waals surface area contributed by atoms with Crippen LogP contribution in [-0.2, 0) is 15.1 Å². The topological polar surface area (TPSA) is 64.6 Å². The minimum Gasteiger partial charge on any atom is -0.496 e. The summed E-state index contributed by atoms with van der Waals surface area (Å²) in [5, 5.41) is 2.58. The van der Waals surface area contributed by atoms with Gasteiger partial charge >= 0.3 is 6.09 Å². The number of hydrogen-bond acceptors (Lipinski definition) is 4. The molecular weight excluding hydrogens is 258 g/mol. The van der Waals surface area contributed by atoms with Crippen LogP contribution in [0, 0.1) is 0 Å². The van der Waals surface area contributed by atoms with Crippen molar-refractivity contribution in [1.82, 2.24) is 5.32 Å². The standard InChI is InChI=1S/C15H21NO4/c1-14(2,3)20-13(18)16-15(4,10-17)11-8-6-7-9-12(11)19-5/h6-10H,1-5H3,(H,16,18). The van der Waals surface area contributed by atoms with Crippen molar-refractivity contribution >= 4 is 12.4 Å². The van der Waals surface area contributed by atoms with Crippen molar-refractivity contribution in [3.8, 4) is 5.75 Å². The van der Waals surface area contributed by atoms with Crippen molar-refractivity contribution in [2.24, 2.45) is 0 Å². The number of amides is 1. The van der Waals surface area contributed by atoms with E-state index in [4.69, 9.17) is 9.47 Å². The van der Waals surface area contributed by atoms with Gasteiger partial charge in [-0.1, -0.05) is 18.2 Å². The number of methoxy groups -OCH3 is 1. The van der Waals surface area contributed by atoms with E-state index >= 15 is 0 Å². The van der Waals surface area contributed by atoms with E-state index in [1.165, 1.54) is 7.11 Å². The Bertz CT molecular complexity index is 493. The Morgan fingerprint density at radius 1 is 1.20 bits per heavy atom. The Morgan fingerprint density at radius 2 is 1.80 bits per heavy atom. The predicted molar refractivity (Wildman–Crippen MR) is 75.8 cm³/mol. The molecule has 0 aliphatic rings. The first-order chi connectivity index (χ1) is 9.22. The van der Waals surface area contributed by atoms with Crippen molar-refractivity contribution < 1.29 is 19.1 Å². The summed E-state index contributed by atoms with van der Waals surface area (Å²) < 4.78 is 10.4. The second kappa shape index (κ2) is 5.94. The summed E-state index contributed by atoms with van der Waals surface area (Å²) in [6.45, 7) is 6.87. The van der Waals surface area contributed by atoms with Crippen molar-refractivity contribution in [2.45, 2.75) is 38.8 Å². The van der Waals surface area contributed by atoms with Gasteiger partial charge in [0.05, 0.1) is 7.11 Å². The Balaban J connectivity index is 3.03. The smallest absolute Gasteiger partial charge is 0.408 e. The number of hydrogen-bond donors (Lipinski definition) is 1. The molecule has 0 aliphatic heterocycles. The highest BCUT2D eigenvalue weighted by Crippen LogP contribution is 2.28. The Labute approximate surface area is 119 Å². The Hall–Kier alpha value is -2.04. The largest absolute Gasteiger partial charge is 0.496 e. The molecule has 1 unspecified atom stereocenters. The third kappa shape index (κ3) is 3.98. The van der Waals surface area contributed by atoms with Gasteiger partial charge in [0.2, 0.25) is 0 Å². The molecule has 0 heterocycles. The minimum absolute atomic E-state index is 0.526. The van der Waals surface area contributed by atoms with E-state index in [-0.39, 0.29) is 0 Å². The fraction of sp³-hybridized carbons (Fsp3) is 0.467. The molecule has 1 rings (SSSR count). The second-order valence-electron chi connectivity index (χ2n) is 5.65. The normalized spacial score (nSPS) is 14.1. The molecule has 1 amide bonds. The highest BCUT2D eigenvalue weighted by Gasteiger charge is 2.32. The molecule has 1 N–H and O–H groups in total. The molecule has 0 spiro atoms. The van der Waals surface area contributed by atoms with E-state index in [9.17, 15) is 9.59 Å². The molecule has 1 atom stereocenters. The molecular formula is C15H21NO4. The Kier molecular flexibility index (Phi) is 4.76. The molecule has 0 bridgehead atoms. The monoisotopic (exact) mass is 279 g/mol. The molecule has 0 radical (unpaired) electrons. The molecule has 5 heteroatoms. The maximum atomic E-state index is 11.9. The third-order valence-corrected chi connectivity index (χ3v) is 2.66. The first kappa shape index (κ1) is 16.0. The lowest BCUT2D eigenvalue weighted by Gasteiger charge is -2.28. The third-order valence-electron chi connectivity index (χ3n) is 2.66. The summed E-state index contributed by atoms with van der Waals surface area (Å²) in [6, 6.07) is 7.02. The van der Waals surface area contributed by atoms with Gasteiger partial charge in [-0.15, -0.1) is 0 Å². The quantitative estimate of drug-likeness (QED) is 0.860. The predicted octanol–water partition coefficient (Wildman–Crippen LogP) is 2.63. The van der Waals surface area contributed by atoms with Gasteiger partial charge in [0.1, 0.15) is 23.2 Å². The van der Waals surface area contributed by atoms with Crippen molar-refractivity contribution in [2.75, 3.05) is 7.11 Å². The van der Waals surface area contributed by atoms with Gasteiger partial charge in [0.25, 0.3) is 0 Å². The summed E-state index contributed by atoms with van der Waals surface area (Å²) >= 11 is 0. The highest BCUT2D eigenvalue weighted by molar-refractivity contribution is 5.78. The summed E-state index contributed by atoms with van der Waals surface area (Å²) in [5.41, 5.74) is -1.27. The molecule has 110 valence electrons. The van der Waals surface area contributed by atoms with Crippen LogP contribution in [0.15, 0.2) is 24.3 Å². The summed E-state index contributed by atoms with van der Waals surface area (Å²) in [7, 11) is 1.51. The number of ether oxygens (including phenoxy) is 2. The molecule has 0 aliphatic carbocycles. The summed E-state index contributed by atoms with van der Waals surface area (Å²) in [6.07, 6.45) is 0.00686. The van der Waals surface area contributed by atoms with Crippen LogP contribution >= 0.6 is 0 Å². The van der Waals surface area contributed by atoms with Crippen LogP contribution in [0.4, 0.5) is 4.79 Å². The number of alkyl carbamates (subject to hydrolysis) is 1. The molecule has 0 fully saturated rings. The summed E-state index contributed by atoms with van der Waals surface area (Å²) in [4.78, 5) is 23.3. The fourth-order valence-corrected chi connectivity index (χ4v) is 1.75. The fourth-order valence-electron chi connectivity index (χ4n) is 1.75. The first-order valence-corrected chi connectivity index (χ1v) is 6.33. The average molecular weight is 279 g/mol. The van der Waals surface area contributed by atoms with E-state index < -0.39 is 17.2 Å². The molecule has 20 heavy (non-hydrogen) atoms. The number of carbonyl (C=O) groups excluding carboxylic acids is 2. The lowest BCUT2D eigenvalue weighted by atomic mass is 9.93. The van der Waals surface area contributed by atoms with Gasteiger partial charge in [-0.2, -0.15) is 0 Å². The Morgan fingerprint density at radius 3 is 2.30 bits per heavy atom. The number of rotatable bonds is 4. The van der Waals surface area contributed by atoms with Crippen LogP contribution in [0.2, 0.25) is 0 Å². The lowest BCUT2D eigenvalue weighted by molar-refractivity contribution is -0.113. The molecule has 0 aromatic heterocycles. The first-order valence-electron chi connectivity index (χ1n) is 6.33. The van der Waals surface area contributed by atoms with Gasteiger partial charge in [0, 0.05) is 5.56 Å². The van der Waals surface area contributed by atoms with Gasteiger partial charge in [-0.05, 0) is 33.8 Å². The van der Waals surface area contributed by atoms with Crippen LogP contribution < -0.4 is 10.1 Å². The number of carbonyl (C=O) groups is 2. The van der Waals surface area contributed by atoms with Gasteiger partial charge < -0.3 is 19.6 Å². The van der Waals surface area contributed by atoms with Crippen molar-refractivity contribution in [3.05, 3.63) is 29.8 Å². The zero-order valence-electron chi connectivity index (χ0n) is 12.5. The maximum Gasteiger partial charge on any atom is 0.408 e. The van der Waals surface area contributed by atoms with Crippen molar-refractivity contribution in [3.63, 3.8) is 0 Å². The highest BCUT2D eigenvalue weighted by atomic mass is 16.6. The van der Waals surface area contributed by atoms with E-state index in [1.54, 1.807) is 52.0 Å². The van der Waals surface area contributed by atoms with Gasteiger partial charge in [0.15, 0.2) is 0 Å². The molecule has 1 aromatic carbocycles. The molecule has 0 saturated heterocycles. The molecule has 0 saturated carbocycles. The summed E-state index contributed by atoms with van der Waals surface area (Å²) in [5.74, 6) is 0.526. The van der Waals surface area contributed by atoms with Crippen molar-refractivity contribution in [1.29, 1.82) is 0 Å². The van der Waals surface area contributed by atoms with E-state index in [0.29, 0.717) is 17.6 Å². The number of aldehydes is 1. The zero-order valence-corrected chi connectivity index (χ0v) is 12.5. The van der Waals surface area contributed by atoms with Gasteiger partial charge in [-0.25, -0.2) is 4.79 Å². The number of benzene rings is 1. The average Bonchev–Trinajstić information content (AvgIpc) is 2.36. The van der Waals surface area contributed by atoms with Crippen LogP contribution in [-0.4, -0.2) is 25.1 Å². The van der Waals surface area contributed by atoms with Crippen LogP contribution in [0.25, 0.3) is 0 Å². The SMILES string of the molecule is COc1ccccc1C(C)(C=O)NC(=O)OC(C)(C)C. The van der Waals surface area contributed by atoms with Crippen LogP contribution in [0.1, 0.15) is 33.3 Å². The second-order valence-corrected chi connectivity index (χ2v) is 5.65. The van der Waals surface area contributed by atoms with Gasteiger partial charge in [-0.3, -0.25) is 0 Å². The minimum atomic E-state index is -1.21. The number of nitrogens with one attached hydrogen (secondary N) is 1. The molecule has 5 nitrogen and oxygen atoms in total. The molecule has 1 aromatic rings. The van der Waals surface area contributed by atoms with E-state index in [1.807, 2.05) is 0 Å². The lowest BCUT2D eigenvalue weighted by Crippen LogP contribution is -2.47. The van der Waals surface area contributed by atoms with E-state index in [2.05, 4.69) is 5.32 Å². The maximum absolute atomic E-state index is 11.9. The van der Waals surface area contributed by atoms with E-state index in [0.717, 1.165) is 0 Å².